The highest BCUT2D eigenvalue weighted by atomic mass is 32.1. The van der Waals surface area contributed by atoms with Gasteiger partial charge in [-0.15, -0.1) is 0 Å². The van der Waals surface area contributed by atoms with Crippen LogP contribution in [0.4, 0.5) is 0 Å². The normalized spacial score (nSPS) is 10.9. The van der Waals surface area contributed by atoms with E-state index in [4.69, 9.17) is 0 Å². The van der Waals surface area contributed by atoms with E-state index in [0.29, 0.717) is 11.8 Å². The molecule has 3 nitrogen and oxygen atoms in total. The van der Waals surface area contributed by atoms with Crippen LogP contribution in [0.25, 0.3) is 10.1 Å². The van der Waals surface area contributed by atoms with E-state index in [-0.39, 0.29) is 11.5 Å². The standard InChI is InChI=1S/C18H17NO2S/c20-17(13-7-4-10-14-8-2-1-3-9-14)19-18(21)15-11-5-6-12-16(15)22-19/h1-3,5-6,8-9,11-12H,4,7,10,13H2. The van der Waals surface area contributed by atoms with Gasteiger partial charge in [-0.25, -0.2) is 0 Å². The van der Waals surface area contributed by atoms with E-state index >= 15 is 0 Å². The van der Waals surface area contributed by atoms with Crippen LogP contribution >= 0.6 is 11.5 Å². The van der Waals surface area contributed by atoms with E-state index in [0.717, 1.165) is 24.0 Å². The van der Waals surface area contributed by atoms with Gasteiger partial charge in [0, 0.05) is 6.42 Å². The van der Waals surface area contributed by atoms with E-state index in [1.807, 2.05) is 36.4 Å². The largest absolute Gasteiger partial charge is 0.275 e. The molecule has 3 rings (SSSR count). The monoisotopic (exact) mass is 311 g/mol. The number of unbranched alkanes of at least 4 members (excludes halogenated alkanes) is 1. The first-order chi connectivity index (χ1) is 10.8. The topological polar surface area (TPSA) is 39.1 Å². The van der Waals surface area contributed by atoms with E-state index in [1.54, 1.807) is 6.07 Å². The molecule has 0 atom stereocenters. The van der Waals surface area contributed by atoms with Crippen molar-refractivity contribution in [1.82, 2.24) is 3.96 Å². The highest BCUT2D eigenvalue weighted by molar-refractivity contribution is 7.14. The van der Waals surface area contributed by atoms with Gasteiger partial charge in [0.05, 0.1) is 10.1 Å². The Morgan fingerprint density at radius 2 is 1.68 bits per heavy atom. The van der Waals surface area contributed by atoms with Gasteiger partial charge in [0.2, 0.25) is 5.91 Å². The zero-order valence-electron chi connectivity index (χ0n) is 12.2. The van der Waals surface area contributed by atoms with Crippen molar-refractivity contribution in [3.63, 3.8) is 0 Å². The van der Waals surface area contributed by atoms with Gasteiger partial charge in [-0.1, -0.05) is 42.5 Å². The fraction of sp³-hybridized carbons (Fsp3) is 0.222. The fourth-order valence-corrected chi connectivity index (χ4v) is 3.45. The third kappa shape index (κ3) is 3.17. The second-order valence-electron chi connectivity index (χ2n) is 5.27. The first-order valence-corrected chi connectivity index (χ1v) is 8.21. The summed E-state index contributed by atoms with van der Waals surface area (Å²) in [6.07, 6.45) is 3.14. The molecule has 0 aliphatic rings. The van der Waals surface area contributed by atoms with Crippen molar-refractivity contribution >= 4 is 27.5 Å². The molecule has 0 aliphatic heterocycles. The van der Waals surface area contributed by atoms with Gasteiger partial charge in [-0.2, -0.15) is 3.96 Å². The number of fused-ring (bicyclic) bond motifs is 1. The van der Waals surface area contributed by atoms with Crippen LogP contribution in [0.1, 0.15) is 29.6 Å². The van der Waals surface area contributed by atoms with E-state index in [1.165, 1.54) is 21.1 Å². The summed E-state index contributed by atoms with van der Waals surface area (Å²) in [5, 5.41) is 0.630. The van der Waals surface area contributed by atoms with Crippen LogP contribution in [0.15, 0.2) is 59.4 Å². The molecule has 0 amide bonds. The van der Waals surface area contributed by atoms with E-state index < -0.39 is 0 Å². The second-order valence-corrected chi connectivity index (χ2v) is 6.26. The summed E-state index contributed by atoms with van der Waals surface area (Å²) in [7, 11) is 0. The highest BCUT2D eigenvalue weighted by Crippen LogP contribution is 2.16. The molecule has 22 heavy (non-hydrogen) atoms. The molecule has 1 aromatic heterocycles. The molecule has 0 saturated heterocycles. The van der Waals surface area contributed by atoms with Gasteiger partial charge in [0.15, 0.2) is 0 Å². The zero-order valence-corrected chi connectivity index (χ0v) is 13.0. The minimum Gasteiger partial charge on any atom is -0.273 e. The quantitative estimate of drug-likeness (QED) is 0.665. The summed E-state index contributed by atoms with van der Waals surface area (Å²) in [6.45, 7) is 0. The van der Waals surface area contributed by atoms with Crippen molar-refractivity contribution in [3.05, 3.63) is 70.5 Å². The van der Waals surface area contributed by atoms with Crippen molar-refractivity contribution in [2.45, 2.75) is 25.7 Å². The molecular formula is C18H17NO2S. The summed E-state index contributed by atoms with van der Waals surface area (Å²) in [5.41, 5.74) is 1.10. The van der Waals surface area contributed by atoms with Crippen LogP contribution in [0.3, 0.4) is 0 Å². The molecule has 112 valence electrons. The van der Waals surface area contributed by atoms with Crippen LogP contribution in [-0.2, 0) is 6.42 Å². The lowest BCUT2D eigenvalue weighted by atomic mass is 10.1. The van der Waals surface area contributed by atoms with Crippen molar-refractivity contribution in [3.8, 4) is 0 Å². The van der Waals surface area contributed by atoms with E-state index in [2.05, 4.69) is 12.1 Å². The number of carbonyl (C=O) groups is 1. The number of nitrogens with zero attached hydrogens (tertiary/aromatic N) is 1. The SMILES string of the molecule is O=C(CCCCc1ccccc1)n1sc2ccccc2c1=O. The molecule has 3 aromatic rings. The lowest BCUT2D eigenvalue weighted by Gasteiger charge is -2.01. The van der Waals surface area contributed by atoms with Gasteiger partial charge < -0.3 is 0 Å². The minimum absolute atomic E-state index is 0.0979. The molecule has 4 heteroatoms. The van der Waals surface area contributed by atoms with Crippen LogP contribution in [0, 0.1) is 0 Å². The Hall–Kier alpha value is -2.20. The predicted molar refractivity (Wildman–Crippen MR) is 90.7 cm³/mol. The Labute approximate surface area is 133 Å². The van der Waals surface area contributed by atoms with Crippen LogP contribution < -0.4 is 5.56 Å². The number of aryl methyl sites for hydroxylation is 1. The average molecular weight is 311 g/mol. The number of hydrogen-bond donors (Lipinski definition) is 0. The molecule has 0 saturated carbocycles. The maximum absolute atomic E-state index is 12.2. The van der Waals surface area contributed by atoms with Gasteiger partial charge in [-0.05, 0) is 48.5 Å². The second kappa shape index (κ2) is 6.71. The predicted octanol–water partition coefficient (Wildman–Crippen LogP) is 4.12. The Balaban J connectivity index is 1.59. The number of aromatic nitrogens is 1. The highest BCUT2D eigenvalue weighted by Gasteiger charge is 2.12. The number of rotatable bonds is 5. The molecule has 0 N–H and O–H groups in total. The van der Waals surface area contributed by atoms with Gasteiger partial charge in [-0.3, -0.25) is 9.59 Å². The third-order valence-electron chi connectivity index (χ3n) is 3.67. The van der Waals surface area contributed by atoms with Crippen molar-refractivity contribution in [2.24, 2.45) is 0 Å². The molecule has 0 unspecified atom stereocenters. The first kappa shape index (κ1) is 14.7. The van der Waals surface area contributed by atoms with Crippen molar-refractivity contribution in [1.29, 1.82) is 0 Å². The number of carbonyl (C=O) groups excluding carboxylic acids is 1. The maximum Gasteiger partial charge on any atom is 0.275 e. The fourth-order valence-electron chi connectivity index (χ4n) is 2.49. The summed E-state index contributed by atoms with van der Waals surface area (Å²) < 4.78 is 2.16. The molecule has 1 heterocycles. The average Bonchev–Trinajstić information content (AvgIpc) is 2.90. The smallest absolute Gasteiger partial charge is 0.273 e. The first-order valence-electron chi connectivity index (χ1n) is 7.44. The third-order valence-corrected chi connectivity index (χ3v) is 4.77. The Morgan fingerprint density at radius 1 is 0.955 bits per heavy atom. The minimum atomic E-state index is -0.186. The summed E-state index contributed by atoms with van der Waals surface area (Å²) in [6, 6.07) is 17.6. The van der Waals surface area contributed by atoms with Crippen molar-refractivity contribution in [2.75, 3.05) is 0 Å². The van der Waals surface area contributed by atoms with Gasteiger partial charge in [0.1, 0.15) is 0 Å². The van der Waals surface area contributed by atoms with Crippen LogP contribution in [0.5, 0.6) is 0 Å². The van der Waals surface area contributed by atoms with E-state index in [9.17, 15) is 9.59 Å². The van der Waals surface area contributed by atoms with Crippen molar-refractivity contribution < 1.29 is 4.79 Å². The molecule has 0 bridgehead atoms. The molecule has 0 radical (unpaired) electrons. The maximum atomic E-state index is 12.2. The molecule has 0 fully saturated rings. The number of benzene rings is 2. The van der Waals surface area contributed by atoms with Gasteiger partial charge in [0.25, 0.3) is 5.56 Å². The zero-order chi connectivity index (χ0) is 15.4. The van der Waals surface area contributed by atoms with Crippen LogP contribution in [0.2, 0.25) is 0 Å². The number of hydrogen-bond acceptors (Lipinski definition) is 3. The summed E-state index contributed by atoms with van der Waals surface area (Å²) in [5.74, 6) is -0.0979. The molecule has 0 spiro atoms. The van der Waals surface area contributed by atoms with Gasteiger partial charge >= 0.3 is 0 Å². The lowest BCUT2D eigenvalue weighted by molar-refractivity contribution is 0.0909. The Morgan fingerprint density at radius 3 is 2.45 bits per heavy atom. The molecule has 2 aromatic carbocycles. The lowest BCUT2D eigenvalue weighted by Crippen LogP contribution is -2.20. The molecule has 0 aliphatic carbocycles. The molecular weight excluding hydrogens is 294 g/mol. The van der Waals surface area contributed by atoms with Crippen LogP contribution in [-0.4, -0.2) is 9.86 Å². The Bertz CT molecular complexity index is 833. The summed E-state index contributed by atoms with van der Waals surface area (Å²) >= 11 is 1.24. The Kier molecular flexibility index (Phi) is 4.49. The summed E-state index contributed by atoms with van der Waals surface area (Å²) in [4.78, 5) is 24.4.